The minimum atomic E-state index is -0.719. The summed E-state index contributed by atoms with van der Waals surface area (Å²) in [5, 5.41) is 8.86. The van der Waals surface area contributed by atoms with Crippen LogP contribution in [0, 0.1) is 11.3 Å². The lowest BCUT2D eigenvalue weighted by atomic mass is 9.74. The second-order valence-electron chi connectivity index (χ2n) is 4.49. The van der Waals surface area contributed by atoms with Crippen molar-refractivity contribution in [3.8, 4) is 0 Å². The van der Waals surface area contributed by atoms with Crippen LogP contribution in [0.1, 0.15) is 33.6 Å². The molecule has 0 amide bonds. The molecule has 14 heavy (non-hydrogen) atoms. The van der Waals surface area contributed by atoms with E-state index in [0.29, 0.717) is 5.92 Å². The number of hydrogen-bond donors (Lipinski definition) is 1. The van der Waals surface area contributed by atoms with Crippen LogP contribution in [0.5, 0.6) is 0 Å². The molecule has 0 bridgehead atoms. The van der Waals surface area contributed by atoms with Crippen molar-refractivity contribution < 1.29 is 9.90 Å². The summed E-state index contributed by atoms with van der Waals surface area (Å²) in [7, 11) is 0. The van der Waals surface area contributed by atoms with Crippen molar-refractivity contribution in [1.29, 1.82) is 0 Å². The van der Waals surface area contributed by atoms with E-state index >= 15 is 0 Å². The van der Waals surface area contributed by atoms with Gasteiger partial charge in [-0.3, -0.25) is 4.79 Å². The molecule has 1 aliphatic rings. The molecule has 0 aromatic rings. The monoisotopic (exact) mass is 194 g/mol. The Hall–Kier alpha value is -1.05. The van der Waals surface area contributed by atoms with Gasteiger partial charge in [0.05, 0.1) is 6.42 Å². The highest BCUT2D eigenvalue weighted by molar-refractivity contribution is 5.68. The smallest absolute Gasteiger partial charge is 0.304 e. The zero-order chi connectivity index (χ0) is 10.8. The Bertz CT molecular complexity index is 289. The molecule has 0 aliphatic heterocycles. The van der Waals surface area contributed by atoms with Crippen molar-refractivity contribution in [3.05, 3.63) is 23.8 Å². The summed E-state index contributed by atoms with van der Waals surface area (Å²) in [4.78, 5) is 10.8. The van der Waals surface area contributed by atoms with Crippen LogP contribution in [-0.4, -0.2) is 11.1 Å². The molecule has 0 fully saturated rings. The van der Waals surface area contributed by atoms with Crippen molar-refractivity contribution in [2.75, 3.05) is 0 Å². The Kier molecular flexibility index (Phi) is 3.14. The molecule has 0 saturated heterocycles. The highest BCUT2D eigenvalue weighted by atomic mass is 16.4. The first-order chi connectivity index (χ1) is 6.44. The van der Waals surface area contributed by atoms with Crippen LogP contribution in [0.3, 0.4) is 0 Å². The summed E-state index contributed by atoms with van der Waals surface area (Å²) in [5.74, 6) is -0.337. The fraction of sp³-hybridized carbons (Fsp3) is 0.583. The molecule has 0 heterocycles. The van der Waals surface area contributed by atoms with E-state index in [-0.39, 0.29) is 11.8 Å². The minimum absolute atomic E-state index is 0.208. The van der Waals surface area contributed by atoms with Gasteiger partial charge in [-0.2, -0.15) is 0 Å². The summed E-state index contributed by atoms with van der Waals surface area (Å²) >= 11 is 0. The topological polar surface area (TPSA) is 37.3 Å². The maximum absolute atomic E-state index is 10.8. The van der Waals surface area contributed by atoms with Gasteiger partial charge in [-0.25, -0.2) is 0 Å². The Morgan fingerprint density at radius 3 is 2.93 bits per heavy atom. The Labute approximate surface area is 85.3 Å². The summed E-state index contributed by atoms with van der Waals surface area (Å²) < 4.78 is 0. The molecule has 2 atom stereocenters. The van der Waals surface area contributed by atoms with Crippen LogP contribution in [0.25, 0.3) is 0 Å². The van der Waals surface area contributed by atoms with Crippen LogP contribution in [0.4, 0.5) is 0 Å². The first kappa shape index (κ1) is 11.0. The molecule has 78 valence electrons. The van der Waals surface area contributed by atoms with Gasteiger partial charge in [0.25, 0.3) is 0 Å². The lowest BCUT2D eigenvalue weighted by molar-refractivity contribution is -0.139. The van der Waals surface area contributed by atoms with E-state index in [0.717, 1.165) is 6.42 Å². The number of hydrogen-bond acceptors (Lipinski definition) is 1. The van der Waals surface area contributed by atoms with Crippen molar-refractivity contribution in [1.82, 2.24) is 0 Å². The fourth-order valence-corrected chi connectivity index (χ4v) is 1.75. The van der Waals surface area contributed by atoms with Crippen molar-refractivity contribution in [2.24, 2.45) is 11.3 Å². The van der Waals surface area contributed by atoms with E-state index in [1.807, 2.05) is 19.1 Å². The van der Waals surface area contributed by atoms with Crippen molar-refractivity contribution in [2.45, 2.75) is 33.6 Å². The highest BCUT2D eigenvalue weighted by Crippen LogP contribution is 2.37. The third kappa shape index (κ3) is 2.47. The van der Waals surface area contributed by atoms with Crippen LogP contribution >= 0.6 is 0 Å². The largest absolute Gasteiger partial charge is 0.481 e. The maximum Gasteiger partial charge on any atom is 0.304 e. The number of carbonyl (C=O) groups is 1. The van der Waals surface area contributed by atoms with Gasteiger partial charge in [-0.05, 0) is 24.7 Å². The molecule has 0 radical (unpaired) electrons. The van der Waals surface area contributed by atoms with Gasteiger partial charge in [-0.15, -0.1) is 0 Å². The molecule has 0 saturated carbocycles. The number of allylic oxidation sites excluding steroid dienone is 4. The second kappa shape index (κ2) is 3.99. The summed E-state index contributed by atoms with van der Waals surface area (Å²) in [5.41, 5.74) is 1.02. The Morgan fingerprint density at radius 2 is 2.36 bits per heavy atom. The standard InChI is InChI=1S/C12H18O2/c1-9-4-5-10(2)12(3,7-6-9)8-11(13)14/h4,6-7,10H,5,8H2,1-3H3,(H,13,14). The Balaban J connectivity index is 2.87. The molecule has 1 rings (SSSR count). The molecule has 2 nitrogen and oxygen atoms in total. The Morgan fingerprint density at radius 1 is 1.71 bits per heavy atom. The predicted octanol–water partition coefficient (Wildman–Crippen LogP) is 3.01. The predicted molar refractivity (Wildman–Crippen MR) is 57.0 cm³/mol. The third-order valence-electron chi connectivity index (χ3n) is 3.18. The number of carboxylic acid groups (broad SMARTS) is 1. The quantitative estimate of drug-likeness (QED) is 0.733. The van der Waals surface area contributed by atoms with Gasteiger partial charge in [-0.1, -0.05) is 37.6 Å². The molecule has 1 N–H and O–H groups in total. The van der Waals surface area contributed by atoms with E-state index in [1.165, 1.54) is 5.57 Å². The molecular formula is C12H18O2. The normalized spacial score (nSPS) is 32.2. The van der Waals surface area contributed by atoms with Gasteiger partial charge in [0.1, 0.15) is 0 Å². The van der Waals surface area contributed by atoms with Crippen molar-refractivity contribution in [3.63, 3.8) is 0 Å². The first-order valence-corrected chi connectivity index (χ1v) is 5.02. The highest BCUT2D eigenvalue weighted by Gasteiger charge is 2.31. The molecule has 0 aromatic carbocycles. The van der Waals surface area contributed by atoms with E-state index in [2.05, 4.69) is 19.9 Å². The molecular weight excluding hydrogens is 176 g/mol. The SMILES string of the molecule is CC1=CCC(C)C(C)(CC(=O)O)C=C1. The molecule has 2 heteroatoms. The van der Waals surface area contributed by atoms with Crippen LogP contribution in [0.2, 0.25) is 0 Å². The number of aliphatic carboxylic acids is 1. The molecule has 0 aromatic heterocycles. The minimum Gasteiger partial charge on any atom is -0.481 e. The first-order valence-electron chi connectivity index (χ1n) is 5.02. The average molecular weight is 194 g/mol. The second-order valence-corrected chi connectivity index (χ2v) is 4.49. The molecule has 2 unspecified atom stereocenters. The van der Waals surface area contributed by atoms with E-state index in [9.17, 15) is 4.79 Å². The number of rotatable bonds is 2. The van der Waals surface area contributed by atoms with Crippen LogP contribution in [0.15, 0.2) is 23.8 Å². The molecule has 1 aliphatic carbocycles. The summed E-state index contributed by atoms with van der Waals surface area (Å²) in [6, 6.07) is 0. The number of carboxylic acids is 1. The third-order valence-corrected chi connectivity index (χ3v) is 3.18. The summed E-state index contributed by atoms with van der Waals surface area (Å²) in [6.07, 6.45) is 7.43. The summed E-state index contributed by atoms with van der Waals surface area (Å²) in [6.45, 7) is 6.19. The molecule has 0 spiro atoms. The van der Waals surface area contributed by atoms with Crippen molar-refractivity contribution >= 4 is 5.97 Å². The van der Waals surface area contributed by atoms with Gasteiger partial charge in [0.15, 0.2) is 0 Å². The lowest BCUT2D eigenvalue weighted by Crippen LogP contribution is -2.25. The van der Waals surface area contributed by atoms with Gasteiger partial charge in [0, 0.05) is 0 Å². The van der Waals surface area contributed by atoms with Gasteiger partial charge >= 0.3 is 5.97 Å². The fourth-order valence-electron chi connectivity index (χ4n) is 1.75. The average Bonchev–Trinajstić information content (AvgIpc) is 2.18. The lowest BCUT2D eigenvalue weighted by Gasteiger charge is -2.29. The van der Waals surface area contributed by atoms with E-state index < -0.39 is 5.97 Å². The zero-order valence-electron chi connectivity index (χ0n) is 9.08. The van der Waals surface area contributed by atoms with Gasteiger partial charge in [0.2, 0.25) is 0 Å². The van der Waals surface area contributed by atoms with Crippen LogP contribution < -0.4 is 0 Å². The van der Waals surface area contributed by atoms with Gasteiger partial charge < -0.3 is 5.11 Å². The van der Waals surface area contributed by atoms with Crippen LogP contribution in [-0.2, 0) is 4.79 Å². The maximum atomic E-state index is 10.8. The van der Waals surface area contributed by atoms with E-state index in [4.69, 9.17) is 5.11 Å². The van der Waals surface area contributed by atoms with E-state index in [1.54, 1.807) is 0 Å². The zero-order valence-corrected chi connectivity index (χ0v) is 9.08.